The van der Waals surface area contributed by atoms with Crippen LogP contribution in [0.25, 0.3) is 0 Å². The molecule has 2 unspecified atom stereocenters. The van der Waals surface area contributed by atoms with Gasteiger partial charge in [-0.15, -0.1) is 0 Å². The summed E-state index contributed by atoms with van der Waals surface area (Å²) in [6.45, 7) is 5.04. The molecule has 0 saturated heterocycles. The molecule has 4 nitrogen and oxygen atoms in total. The van der Waals surface area contributed by atoms with Crippen LogP contribution in [0.5, 0.6) is 5.75 Å². The normalized spacial score (nSPS) is 28.4. The van der Waals surface area contributed by atoms with Gasteiger partial charge in [0.15, 0.2) is 0 Å². The fourth-order valence-corrected chi connectivity index (χ4v) is 8.10. The van der Waals surface area contributed by atoms with Crippen LogP contribution < -0.4 is 0 Å². The van der Waals surface area contributed by atoms with E-state index in [4.69, 9.17) is 0 Å². The molecule has 0 bridgehead atoms. The van der Waals surface area contributed by atoms with Gasteiger partial charge in [0.1, 0.15) is 11.5 Å². The van der Waals surface area contributed by atoms with E-state index in [1.807, 2.05) is 36.2 Å². The molecule has 3 aliphatic rings. The first-order chi connectivity index (χ1) is 17.8. The van der Waals surface area contributed by atoms with Crippen molar-refractivity contribution in [3.63, 3.8) is 0 Å². The van der Waals surface area contributed by atoms with Gasteiger partial charge in [-0.3, -0.25) is 9.59 Å². The van der Waals surface area contributed by atoms with Crippen LogP contribution in [0.3, 0.4) is 0 Å². The van der Waals surface area contributed by atoms with E-state index < -0.39 is 0 Å². The van der Waals surface area contributed by atoms with E-state index >= 15 is 0 Å². The summed E-state index contributed by atoms with van der Waals surface area (Å²) in [6, 6.07) is 14.5. The van der Waals surface area contributed by atoms with E-state index in [9.17, 15) is 14.7 Å². The number of ketones is 1. The maximum absolute atomic E-state index is 13.3. The molecule has 4 heteroatoms. The number of nitrogens with zero attached hydrogens (tertiary/aromatic N) is 1. The molecular weight excluding hydrogens is 458 g/mol. The van der Waals surface area contributed by atoms with Gasteiger partial charge in [-0.25, -0.2) is 0 Å². The summed E-state index contributed by atoms with van der Waals surface area (Å²) in [6.07, 6.45) is 9.12. The van der Waals surface area contributed by atoms with Crippen molar-refractivity contribution < 1.29 is 14.7 Å². The molecule has 0 radical (unpaired) electrons. The van der Waals surface area contributed by atoms with Crippen molar-refractivity contribution in [2.45, 2.75) is 90.5 Å². The zero-order valence-corrected chi connectivity index (χ0v) is 22.8. The highest BCUT2D eigenvalue weighted by Crippen LogP contribution is 2.62. The molecule has 0 spiro atoms. The number of carbonyl (C=O) groups is 2. The number of aryl methyl sites for hydroxylation is 2. The molecular formula is C33H43NO3. The average molecular weight is 502 g/mol. The standard InChI is InChI=1S/C33H43NO3/c1-4-9-24-18-28-23(19-29(24)35)14-15-27-26(28)16-17-33(2)30(36)20-25(32(27)33)12-8-13-31(37)34(3)21-22-10-6-5-7-11-22/h5-7,10-11,18-19,25-27,32,35H,4,8-9,12-17,20-21H2,1-3H3/t25-,26+,27?,32+,33?/m1/s1. The minimum Gasteiger partial charge on any atom is -0.508 e. The van der Waals surface area contributed by atoms with Gasteiger partial charge in [0.2, 0.25) is 5.91 Å². The lowest BCUT2D eigenvalue weighted by molar-refractivity contribution is -0.131. The van der Waals surface area contributed by atoms with Crippen LogP contribution in [-0.2, 0) is 29.0 Å². The zero-order valence-electron chi connectivity index (χ0n) is 22.8. The maximum Gasteiger partial charge on any atom is 0.222 e. The third kappa shape index (κ3) is 4.96. The Morgan fingerprint density at radius 2 is 1.95 bits per heavy atom. The van der Waals surface area contributed by atoms with E-state index in [0.29, 0.717) is 54.6 Å². The number of benzene rings is 2. The van der Waals surface area contributed by atoms with Gasteiger partial charge in [-0.1, -0.05) is 56.7 Å². The molecule has 1 amide bonds. The highest BCUT2D eigenvalue weighted by atomic mass is 16.3. The Labute approximate surface area is 222 Å². The SMILES string of the molecule is CCCc1cc2c(cc1O)CCC1[C@@H]2CCC2(C)C(=O)C[C@@H](CCCC(=O)N(C)Cc3ccccc3)[C@@H]12. The number of fused-ring (bicyclic) bond motifs is 5. The van der Waals surface area contributed by atoms with Gasteiger partial charge >= 0.3 is 0 Å². The topological polar surface area (TPSA) is 57.6 Å². The van der Waals surface area contributed by atoms with Crippen LogP contribution in [0.1, 0.15) is 93.4 Å². The summed E-state index contributed by atoms with van der Waals surface area (Å²) >= 11 is 0. The molecule has 3 aliphatic carbocycles. The van der Waals surface area contributed by atoms with Crippen LogP contribution in [0.15, 0.2) is 42.5 Å². The lowest BCUT2D eigenvalue weighted by Gasteiger charge is -2.50. The predicted molar refractivity (Wildman–Crippen MR) is 147 cm³/mol. The van der Waals surface area contributed by atoms with E-state index in [0.717, 1.165) is 62.5 Å². The number of rotatable bonds is 8. The molecule has 37 heavy (non-hydrogen) atoms. The number of aromatic hydroxyl groups is 1. The van der Waals surface area contributed by atoms with Crippen molar-refractivity contribution in [3.8, 4) is 5.75 Å². The largest absolute Gasteiger partial charge is 0.508 e. The molecule has 0 aromatic heterocycles. The monoisotopic (exact) mass is 501 g/mol. The molecule has 5 atom stereocenters. The summed E-state index contributed by atoms with van der Waals surface area (Å²) in [5.74, 6) is 2.90. The Hall–Kier alpha value is -2.62. The highest BCUT2D eigenvalue weighted by Gasteiger charge is 2.58. The summed E-state index contributed by atoms with van der Waals surface area (Å²) in [5, 5.41) is 10.5. The number of carbonyl (C=O) groups excluding carboxylic acids is 2. The Morgan fingerprint density at radius 3 is 2.70 bits per heavy atom. The zero-order chi connectivity index (χ0) is 26.2. The van der Waals surface area contributed by atoms with Crippen LogP contribution in [0.2, 0.25) is 0 Å². The summed E-state index contributed by atoms with van der Waals surface area (Å²) in [5.41, 5.74) is 4.77. The van der Waals surface area contributed by atoms with Gasteiger partial charge in [-0.05, 0) is 96.9 Å². The van der Waals surface area contributed by atoms with Crippen LogP contribution in [-0.4, -0.2) is 28.7 Å². The third-order valence-electron chi connectivity index (χ3n) is 9.94. The van der Waals surface area contributed by atoms with E-state index in [-0.39, 0.29) is 11.3 Å². The molecule has 2 aromatic carbocycles. The summed E-state index contributed by atoms with van der Waals surface area (Å²) < 4.78 is 0. The van der Waals surface area contributed by atoms with Crippen molar-refractivity contribution in [2.75, 3.05) is 7.05 Å². The van der Waals surface area contributed by atoms with Gasteiger partial charge in [0.25, 0.3) is 0 Å². The lowest BCUT2D eigenvalue weighted by Crippen LogP contribution is -2.44. The summed E-state index contributed by atoms with van der Waals surface area (Å²) in [7, 11) is 1.89. The number of hydrogen-bond donors (Lipinski definition) is 1. The predicted octanol–water partition coefficient (Wildman–Crippen LogP) is 6.82. The van der Waals surface area contributed by atoms with Crippen molar-refractivity contribution in [2.24, 2.45) is 23.2 Å². The fourth-order valence-electron chi connectivity index (χ4n) is 8.10. The first-order valence-electron chi connectivity index (χ1n) is 14.5. The maximum atomic E-state index is 13.3. The smallest absolute Gasteiger partial charge is 0.222 e. The Morgan fingerprint density at radius 1 is 1.16 bits per heavy atom. The van der Waals surface area contributed by atoms with Gasteiger partial charge in [-0.2, -0.15) is 0 Å². The van der Waals surface area contributed by atoms with Gasteiger partial charge < -0.3 is 10.0 Å². The molecule has 5 rings (SSSR count). The van der Waals surface area contributed by atoms with Crippen LogP contribution in [0.4, 0.5) is 0 Å². The number of hydrogen-bond acceptors (Lipinski definition) is 3. The number of amides is 1. The average Bonchev–Trinajstić information content (AvgIpc) is 3.14. The molecule has 2 saturated carbocycles. The van der Waals surface area contributed by atoms with Crippen molar-refractivity contribution in [1.29, 1.82) is 0 Å². The van der Waals surface area contributed by atoms with E-state index in [1.165, 1.54) is 11.1 Å². The Balaban J connectivity index is 1.27. The number of phenols is 1. The van der Waals surface area contributed by atoms with Gasteiger partial charge in [0.05, 0.1) is 0 Å². The summed E-state index contributed by atoms with van der Waals surface area (Å²) in [4.78, 5) is 28.0. The minimum atomic E-state index is -0.208. The first kappa shape index (κ1) is 26.0. The Bertz CT molecular complexity index is 1140. The fraction of sp³-hybridized carbons (Fsp3) is 0.576. The van der Waals surface area contributed by atoms with Crippen LogP contribution >= 0.6 is 0 Å². The van der Waals surface area contributed by atoms with E-state index in [2.05, 4.69) is 32.0 Å². The number of phenolic OH excluding ortho intramolecular Hbond substituents is 1. The molecule has 0 heterocycles. The molecule has 2 fully saturated rings. The quantitative estimate of drug-likeness (QED) is 0.431. The molecule has 1 N–H and O–H groups in total. The molecule has 0 aliphatic heterocycles. The second-order valence-corrected chi connectivity index (χ2v) is 12.2. The third-order valence-corrected chi connectivity index (χ3v) is 9.94. The second-order valence-electron chi connectivity index (χ2n) is 12.2. The second kappa shape index (κ2) is 10.6. The molecule has 198 valence electrons. The van der Waals surface area contributed by atoms with Crippen LogP contribution in [0, 0.1) is 23.2 Å². The van der Waals surface area contributed by atoms with Gasteiger partial charge in [0, 0.05) is 31.8 Å². The lowest BCUT2D eigenvalue weighted by atomic mass is 9.54. The minimum absolute atomic E-state index is 0.187. The number of Topliss-reactive ketones (excluding diaryl/α,β-unsaturated/α-hetero) is 1. The Kier molecular flexibility index (Phi) is 7.47. The molecule has 2 aromatic rings. The first-order valence-corrected chi connectivity index (χ1v) is 14.5. The van der Waals surface area contributed by atoms with Crippen molar-refractivity contribution >= 4 is 11.7 Å². The van der Waals surface area contributed by atoms with E-state index in [1.54, 1.807) is 0 Å². The highest BCUT2D eigenvalue weighted by molar-refractivity contribution is 5.87. The van der Waals surface area contributed by atoms with Crippen molar-refractivity contribution in [1.82, 2.24) is 4.90 Å². The van der Waals surface area contributed by atoms with Crippen molar-refractivity contribution in [3.05, 3.63) is 64.7 Å².